The van der Waals surface area contributed by atoms with E-state index in [2.05, 4.69) is 10.6 Å². The highest BCUT2D eigenvalue weighted by molar-refractivity contribution is 5.74. The molecule has 3 heteroatoms. The fourth-order valence-corrected chi connectivity index (χ4v) is 6.36. The van der Waals surface area contributed by atoms with Gasteiger partial charge >= 0.3 is 0 Å². The van der Waals surface area contributed by atoms with Gasteiger partial charge in [-0.1, -0.05) is 0 Å². The Morgan fingerprint density at radius 3 is 2.21 bits per heavy atom. The van der Waals surface area contributed by atoms with Crippen molar-refractivity contribution < 1.29 is 4.79 Å². The third-order valence-corrected chi connectivity index (χ3v) is 6.48. The number of nitrogens with one attached hydrogen (secondary N) is 2. The average Bonchev–Trinajstić information content (AvgIpc) is 2.75. The van der Waals surface area contributed by atoms with Crippen LogP contribution in [0.3, 0.4) is 0 Å². The van der Waals surface area contributed by atoms with Gasteiger partial charge < -0.3 is 10.6 Å². The summed E-state index contributed by atoms with van der Waals surface area (Å²) in [7, 11) is 0. The lowest BCUT2D eigenvalue weighted by molar-refractivity contribution is -0.125. The molecule has 19 heavy (non-hydrogen) atoms. The first kappa shape index (κ1) is 12.2. The Kier molecular flexibility index (Phi) is 2.70. The van der Waals surface area contributed by atoms with Crippen LogP contribution in [0.25, 0.3) is 0 Å². The lowest BCUT2D eigenvalue weighted by atomic mass is 9.48. The minimum absolute atomic E-state index is 0.0778. The number of hydrogen-bond donors (Lipinski definition) is 2. The Morgan fingerprint density at radius 1 is 1.11 bits per heavy atom. The molecule has 0 aromatic rings. The zero-order valence-corrected chi connectivity index (χ0v) is 12.0. The minimum Gasteiger partial charge on any atom is -0.349 e. The maximum absolute atomic E-state index is 11.7. The molecule has 4 saturated carbocycles. The van der Waals surface area contributed by atoms with Gasteiger partial charge in [0, 0.05) is 13.5 Å². The van der Waals surface area contributed by atoms with Gasteiger partial charge in [0.25, 0.3) is 0 Å². The van der Waals surface area contributed by atoms with E-state index in [1.165, 1.54) is 32.1 Å². The summed E-state index contributed by atoms with van der Waals surface area (Å²) < 4.78 is 0. The monoisotopic (exact) mass is 262 g/mol. The van der Waals surface area contributed by atoms with Gasteiger partial charge in [-0.25, -0.2) is 0 Å². The van der Waals surface area contributed by atoms with Crippen molar-refractivity contribution in [2.75, 3.05) is 13.1 Å². The second kappa shape index (κ2) is 4.21. The molecule has 0 aromatic carbocycles. The molecule has 5 aliphatic rings. The molecule has 0 aromatic heterocycles. The van der Waals surface area contributed by atoms with Gasteiger partial charge in [0.15, 0.2) is 0 Å². The lowest BCUT2D eigenvalue weighted by Gasteiger charge is -2.59. The molecule has 1 amide bonds. The first-order chi connectivity index (χ1) is 9.16. The van der Waals surface area contributed by atoms with Gasteiger partial charge in [-0.15, -0.1) is 0 Å². The molecule has 4 bridgehead atoms. The van der Waals surface area contributed by atoms with Crippen LogP contribution >= 0.6 is 0 Å². The highest BCUT2D eigenvalue weighted by atomic mass is 16.1. The Bertz CT molecular complexity index is 358. The van der Waals surface area contributed by atoms with E-state index in [4.69, 9.17) is 0 Å². The van der Waals surface area contributed by atoms with Gasteiger partial charge in [-0.2, -0.15) is 0 Å². The zero-order valence-electron chi connectivity index (χ0n) is 12.0. The normalized spacial score (nSPS) is 51.5. The van der Waals surface area contributed by atoms with E-state index >= 15 is 0 Å². The fraction of sp³-hybridized carbons (Fsp3) is 0.938. The summed E-state index contributed by atoms with van der Waals surface area (Å²) >= 11 is 0. The zero-order chi connectivity index (χ0) is 13.0. The first-order valence-electron chi connectivity index (χ1n) is 8.16. The fourth-order valence-electron chi connectivity index (χ4n) is 6.36. The Morgan fingerprint density at radius 2 is 1.74 bits per heavy atom. The van der Waals surface area contributed by atoms with E-state index in [1.54, 1.807) is 6.92 Å². The van der Waals surface area contributed by atoms with Crippen LogP contribution in [-0.4, -0.2) is 24.5 Å². The molecule has 1 aliphatic heterocycles. The third-order valence-electron chi connectivity index (χ3n) is 6.48. The molecular formula is C16H26N2O. The summed E-state index contributed by atoms with van der Waals surface area (Å²) in [6.45, 7) is 3.76. The van der Waals surface area contributed by atoms with Crippen LogP contribution in [0.1, 0.15) is 45.4 Å². The molecule has 0 spiro atoms. The highest BCUT2D eigenvalue weighted by Crippen LogP contribution is 2.59. The van der Waals surface area contributed by atoms with Crippen LogP contribution in [0.5, 0.6) is 0 Å². The van der Waals surface area contributed by atoms with E-state index in [0.29, 0.717) is 0 Å². The second-order valence-corrected chi connectivity index (χ2v) is 7.72. The smallest absolute Gasteiger partial charge is 0.217 e. The second-order valence-electron chi connectivity index (χ2n) is 7.72. The molecule has 1 atom stereocenters. The van der Waals surface area contributed by atoms with Crippen LogP contribution in [0.4, 0.5) is 0 Å². The number of rotatable bonds is 2. The molecule has 106 valence electrons. The van der Waals surface area contributed by atoms with E-state index in [1.807, 2.05) is 0 Å². The summed E-state index contributed by atoms with van der Waals surface area (Å²) in [6.07, 6.45) is 8.42. The van der Waals surface area contributed by atoms with Crippen molar-refractivity contribution in [2.45, 2.75) is 51.0 Å². The van der Waals surface area contributed by atoms with Crippen molar-refractivity contribution in [3.63, 3.8) is 0 Å². The summed E-state index contributed by atoms with van der Waals surface area (Å²) in [5, 5.41) is 6.89. The van der Waals surface area contributed by atoms with Gasteiger partial charge in [0.2, 0.25) is 5.91 Å². The number of carbonyl (C=O) groups excluding carboxylic acids is 1. The van der Waals surface area contributed by atoms with Crippen LogP contribution < -0.4 is 10.6 Å². The molecule has 5 fully saturated rings. The van der Waals surface area contributed by atoms with E-state index in [9.17, 15) is 4.79 Å². The molecule has 3 nitrogen and oxygen atoms in total. The van der Waals surface area contributed by atoms with Crippen LogP contribution in [0.2, 0.25) is 0 Å². The third kappa shape index (κ3) is 1.84. The van der Waals surface area contributed by atoms with E-state index in [0.717, 1.165) is 49.1 Å². The Labute approximate surface area is 115 Å². The summed E-state index contributed by atoms with van der Waals surface area (Å²) in [6, 6.07) is 0. The van der Waals surface area contributed by atoms with Crippen molar-refractivity contribution in [2.24, 2.45) is 29.6 Å². The lowest BCUT2D eigenvalue weighted by Crippen LogP contribution is -2.63. The van der Waals surface area contributed by atoms with Crippen molar-refractivity contribution in [1.82, 2.24) is 10.6 Å². The van der Waals surface area contributed by atoms with Crippen molar-refractivity contribution >= 4 is 5.91 Å². The minimum atomic E-state index is 0.0778. The first-order valence-corrected chi connectivity index (χ1v) is 8.16. The maximum atomic E-state index is 11.7. The molecule has 1 unspecified atom stereocenters. The topological polar surface area (TPSA) is 41.1 Å². The summed E-state index contributed by atoms with van der Waals surface area (Å²) in [5.41, 5.74) is 0.0778. The Balaban J connectivity index is 1.64. The molecule has 4 aliphatic carbocycles. The molecule has 1 heterocycles. The number of hydrogen-bond acceptors (Lipinski definition) is 2. The van der Waals surface area contributed by atoms with E-state index < -0.39 is 0 Å². The van der Waals surface area contributed by atoms with Crippen molar-refractivity contribution in [1.29, 1.82) is 0 Å². The Hall–Kier alpha value is -0.570. The van der Waals surface area contributed by atoms with Gasteiger partial charge in [0.1, 0.15) is 0 Å². The van der Waals surface area contributed by atoms with Crippen molar-refractivity contribution in [3.8, 4) is 0 Å². The number of amides is 1. The molecule has 0 radical (unpaired) electrons. The SMILES string of the molecule is CC(=O)NC1(C2C3CC4CC(C3)CC2C4)CCNC1. The standard InChI is InChI=1S/C16H26N2O/c1-10(19)18-16(2-3-17-9-16)15-13-5-11-4-12(7-13)8-14(15)6-11/h11-15,17H,2-9H2,1H3,(H,18,19). The molecule has 1 saturated heterocycles. The maximum Gasteiger partial charge on any atom is 0.217 e. The van der Waals surface area contributed by atoms with E-state index in [-0.39, 0.29) is 11.4 Å². The summed E-state index contributed by atoms with van der Waals surface area (Å²) in [5.74, 6) is 4.73. The predicted molar refractivity (Wildman–Crippen MR) is 74.6 cm³/mol. The van der Waals surface area contributed by atoms with Gasteiger partial charge in [-0.3, -0.25) is 4.79 Å². The van der Waals surface area contributed by atoms with Gasteiger partial charge in [0.05, 0.1) is 5.54 Å². The van der Waals surface area contributed by atoms with Crippen LogP contribution in [-0.2, 0) is 4.79 Å². The van der Waals surface area contributed by atoms with Crippen LogP contribution in [0.15, 0.2) is 0 Å². The summed E-state index contributed by atoms with van der Waals surface area (Å²) in [4.78, 5) is 11.7. The van der Waals surface area contributed by atoms with Gasteiger partial charge in [-0.05, 0) is 74.7 Å². The average molecular weight is 262 g/mol. The molecule has 5 rings (SSSR count). The largest absolute Gasteiger partial charge is 0.349 e. The number of carbonyl (C=O) groups is 1. The molecular weight excluding hydrogens is 236 g/mol. The van der Waals surface area contributed by atoms with Crippen molar-refractivity contribution in [3.05, 3.63) is 0 Å². The predicted octanol–water partition coefficient (Wildman–Crippen LogP) is 1.93. The molecule has 2 N–H and O–H groups in total. The van der Waals surface area contributed by atoms with Crippen LogP contribution in [0, 0.1) is 29.6 Å². The quantitative estimate of drug-likeness (QED) is 0.798. The highest BCUT2D eigenvalue weighted by Gasteiger charge is 2.56.